The first-order valence-corrected chi connectivity index (χ1v) is 5.49. The second kappa shape index (κ2) is 4.91. The van der Waals surface area contributed by atoms with Crippen LogP contribution in [-0.2, 0) is 27.2 Å². The van der Waals surface area contributed by atoms with Gasteiger partial charge in [0.1, 0.15) is 0 Å². The molecule has 2 N–H and O–H groups in total. The van der Waals surface area contributed by atoms with E-state index in [0.29, 0.717) is 11.3 Å². The summed E-state index contributed by atoms with van der Waals surface area (Å²) in [7, 11) is 1.31. The summed E-state index contributed by atoms with van der Waals surface area (Å²) in [5.74, 6) is -1.32. The average Bonchev–Trinajstić information content (AvgIpc) is 2.67. The van der Waals surface area contributed by atoms with Gasteiger partial charge in [0.15, 0.2) is 0 Å². The zero-order valence-corrected chi connectivity index (χ0v) is 9.90. The molecule has 5 nitrogen and oxygen atoms in total. The lowest BCUT2D eigenvalue weighted by Crippen LogP contribution is -2.09. The first-order valence-electron chi connectivity index (χ1n) is 5.49. The Morgan fingerprint density at radius 1 is 1.28 bits per heavy atom. The molecular formula is C13H13NO4. The topological polar surface area (TPSA) is 79.4 Å². The second-order valence-electron chi connectivity index (χ2n) is 3.95. The van der Waals surface area contributed by atoms with Crippen LogP contribution in [0.3, 0.4) is 0 Å². The Morgan fingerprint density at radius 3 is 2.67 bits per heavy atom. The van der Waals surface area contributed by atoms with Crippen LogP contribution in [0.5, 0.6) is 0 Å². The number of hydrogen-bond donors (Lipinski definition) is 2. The van der Waals surface area contributed by atoms with E-state index in [-0.39, 0.29) is 12.8 Å². The van der Waals surface area contributed by atoms with Gasteiger partial charge < -0.3 is 14.8 Å². The lowest BCUT2D eigenvalue weighted by molar-refractivity contribution is -0.140. The number of H-pyrrole nitrogens is 1. The van der Waals surface area contributed by atoms with Crippen LogP contribution in [0.2, 0.25) is 0 Å². The Morgan fingerprint density at radius 2 is 2.00 bits per heavy atom. The van der Waals surface area contributed by atoms with Crippen molar-refractivity contribution in [1.29, 1.82) is 0 Å². The quantitative estimate of drug-likeness (QED) is 0.802. The van der Waals surface area contributed by atoms with Crippen molar-refractivity contribution in [3.63, 3.8) is 0 Å². The van der Waals surface area contributed by atoms with E-state index in [9.17, 15) is 9.59 Å². The van der Waals surface area contributed by atoms with Crippen molar-refractivity contribution in [3.05, 3.63) is 35.5 Å². The molecule has 0 radical (unpaired) electrons. The molecule has 0 spiro atoms. The van der Waals surface area contributed by atoms with Crippen LogP contribution in [0.1, 0.15) is 11.3 Å². The maximum atomic E-state index is 11.3. The maximum Gasteiger partial charge on any atom is 0.311 e. The fourth-order valence-electron chi connectivity index (χ4n) is 1.98. The Hall–Kier alpha value is -2.30. The van der Waals surface area contributed by atoms with E-state index >= 15 is 0 Å². The molecule has 0 saturated carbocycles. The van der Waals surface area contributed by atoms with Crippen LogP contribution in [-0.4, -0.2) is 29.1 Å². The fraction of sp³-hybridized carbons (Fsp3) is 0.231. The molecule has 2 aromatic rings. The number of aliphatic carboxylic acids is 1. The Balaban J connectivity index is 2.49. The van der Waals surface area contributed by atoms with Crippen LogP contribution in [0.4, 0.5) is 0 Å². The number of aromatic nitrogens is 1. The normalized spacial score (nSPS) is 10.5. The number of carboxylic acid groups (broad SMARTS) is 1. The molecule has 0 bridgehead atoms. The number of hydrogen-bond acceptors (Lipinski definition) is 3. The van der Waals surface area contributed by atoms with Crippen LogP contribution < -0.4 is 0 Å². The number of carboxylic acids is 1. The highest BCUT2D eigenvalue weighted by molar-refractivity contribution is 5.89. The lowest BCUT2D eigenvalue weighted by Gasteiger charge is -2.01. The fourth-order valence-corrected chi connectivity index (χ4v) is 1.98. The van der Waals surface area contributed by atoms with Crippen molar-refractivity contribution >= 4 is 22.8 Å². The van der Waals surface area contributed by atoms with E-state index in [1.165, 1.54) is 7.11 Å². The molecule has 1 heterocycles. The zero-order chi connectivity index (χ0) is 13.1. The highest BCUT2D eigenvalue weighted by atomic mass is 16.5. The SMILES string of the molecule is COC(=O)Cc1[nH]c2ccccc2c1CC(=O)O. The van der Waals surface area contributed by atoms with Crippen molar-refractivity contribution in [2.45, 2.75) is 12.8 Å². The summed E-state index contributed by atoms with van der Waals surface area (Å²) in [6.45, 7) is 0. The number of aromatic amines is 1. The van der Waals surface area contributed by atoms with E-state index in [1.54, 1.807) is 0 Å². The predicted molar refractivity (Wildman–Crippen MR) is 65.4 cm³/mol. The van der Waals surface area contributed by atoms with Gasteiger partial charge in [0.05, 0.1) is 20.0 Å². The molecule has 0 unspecified atom stereocenters. The maximum absolute atomic E-state index is 11.3. The minimum absolute atomic E-state index is 0.0494. The van der Waals surface area contributed by atoms with E-state index in [1.807, 2.05) is 24.3 Å². The van der Waals surface area contributed by atoms with E-state index in [4.69, 9.17) is 5.11 Å². The molecule has 0 amide bonds. The number of carbonyl (C=O) groups is 2. The number of esters is 1. The number of methoxy groups -OCH3 is 1. The first kappa shape index (κ1) is 12.2. The zero-order valence-electron chi connectivity index (χ0n) is 9.90. The number of rotatable bonds is 4. The number of ether oxygens (including phenoxy) is 1. The van der Waals surface area contributed by atoms with E-state index in [0.717, 1.165) is 10.9 Å². The van der Waals surface area contributed by atoms with E-state index < -0.39 is 11.9 Å². The van der Waals surface area contributed by atoms with Gasteiger partial charge >= 0.3 is 11.9 Å². The van der Waals surface area contributed by atoms with Gasteiger partial charge in [0, 0.05) is 16.6 Å². The molecule has 1 aromatic heterocycles. The molecule has 0 aliphatic heterocycles. The highest BCUT2D eigenvalue weighted by Gasteiger charge is 2.16. The smallest absolute Gasteiger partial charge is 0.311 e. The Kier molecular flexibility index (Phi) is 3.32. The molecule has 2 rings (SSSR count). The molecule has 0 aliphatic rings. The van der Waals surface area contributed by atoms with Crippen LogP contribution >= 0.6 is 0 Å². The molecular weight excluding hydrogens is 234 g/mol. The number of fused-ring (bicyclic) bond motifs is 1. The highest BCUT2D eigenvalue weighted by Crippen LogP contribution is 2.23. The summed E-state index contributed by atoms with van der Waals surface area (Å²) >= 11 is 0. The van der Waals surface area contributed by atoms with Crippen molar-refractivity contribution < 1.29 is 19.4 Å². The van der Waals surface area contributed by atoms with Gasteiger partial charge in [-0.15, -0.1) is 0 Å². The van der Waals surface area contributed by atoms with Gasteiger partial charge in [-0.2, -0.15) is 0 Å². The second-order valence-corrected chi connectivity index (χ2v) is 3.95. The third kappa shape index (κ3) is 2.34. The summed E-state index contributed by atoms with van der Waals surface area (Å²) in [6, 6.07) is 7.38. The minimum atomic E-state index is -0.925. The molecule has 94 valence electrons. The number of para-hydroxylation sites is 1. The van der Waals surface area contributed by atoms with Gasteiger partial charge in [-0.3, -0.25) is 9.59 Å². The van der Waals surface area contributed by atoms with E-state index in [2.05, 4.69) is 9.72 Å². The van der Waals surface area contributed by atoms with Crippen LogP contribution in [0.15, 0.2) is 24.3 Å². The van der Waals surface area contributed by atoms with Crippen LogP contribution in [0, 0.1) is 0 Å². The molecule has 18 heavy (non-hydrogen) atoms. The van der Waals surface area contributed by atoms with Crippen molar-refractivity contribution in [3.8, 4) is 0 Å². The van der Waals surface area contributed by atoms with Crippen molar-refractivity contribution in [1.82, 2.24) is 4.98 Å². The third-order valence-electron chi connectivity index (χ3n) is 2.78. The molecule has 0 saturated heterocycles. The summed E-state index contributed by atoms with van der Waals surface area (Å²) < 4.78 is 4.60. The Labute approximate surface area is 103 Å². The van der Waals surface area contributed by atoms with Gasteiger partial charge in [0.25, 0.3) is 0 Å². The number of nitrogens with one attached hydrogen (secondary N) is 1. The van der Waals surface area contributed by atoms with Gasteiger partial charge in [-0.05, 0) is 11.6 Å². The van der Waals surface area contributed by atoms with Gasteiger partial charge in [-0.25, -0.2) is 0 Å². The van der Waals surface area contributed by atoms with Gasteiger partial charge in [0.2, 0.25) is 0 Å². The van der Waals surface area contributed by atoms with Crippen LogP contribution in [0.25, 0.3) is 10.9 Å². The predicted octanol–water partition coefficient (Wildman–Crippen LogP) is 1.51. The molecule has 0 aliphatic carbocycles. The molecule has 1 aromatic carbocycles. The summed E-state index contributed by atoms with van der Waals surface area (Å²) in [6.07, 6.45) is -0.0653. The number of carbonyl (C=O) groups excluding carboxylic acids is 1. The number of benzene rings is 1. The third-order valence-corrected chi connectivity index (χ3v) is 2.78. The lowest BCUT2D eigenvalue weighted by atomic mass is 10.1. The average molecular weight is 247 g/mol. The molecule has 0 atom stereocenters. The summed E-state index contributed by atoms with van der Waals surface area (Å²) in [4.78, 5) is 25.3. The van der Waals surface area contributed by atoms with Gasteiger partial charge in [-0.1, -0.05) is 18.2 Å². The molecule has 0 fully saturated rings. The minimum Gasteiger partial charge on any atom is -0.481 e. The first-order chi connectivity index (χ1) is 8.61. The summed E-state index contributed by atoms with van der Waals surface area (Å²) in [5.41, 5.74) is 2.07. The molecule has 5 heteroatoms. The summed E-state index contributed by atoms with van der Waals surface area (Å²) in [5, 5.41) is 9.76. The largest absolute Gasteiger partial charge is 0.481 e. The van der Waals surface area contributed by atoms with Crippen molar-refractivity contribution in [2.75, 3.05) is 7.11 Å². The Bertz CT molecular complexity index is 600. The van der Waals surface area contributed by atoms with Crippen molar-refractivity contribution in [2.24, 2.45) is 0 Å². The monoisotopic (exact) mass is 247 g/mol. The standard InChI is InChI=1S/C13H13NO4/c1-18-13(17)7-11-9(6-12(15)16)8-4-2-3-5-10(8)14-11/h2-5,14H,6-7H2,1H3,(H,15,16).